The molecule has 0 fully saturated rings. The number of nitrogens with zero attached hydrogens (tertiary/aromatic N) is 4. The molecule has 0 amide bonds. The molecule has 5 aromatic rings. The fourth-order valence-corrected chi connectivity index (χ4v) is 6.22. The van der Waals surface area contributed by atoms with Gasteiger partial charge in [-0.05, 0) is 41.5 Å². The summed E-state index contributed by atoms with van der Waals surface area (Å²) in [6, 6.07) is 20.9. The van der Waals surface area contributed by atoms with E-state index in [9.17, 15) is 13.0 Å². The van der Waals surface area contributed by atoms with Crippen LogP contribution in [-0.4, -0.2) is 22.1 Å². The highest BCUT2D eigenvalue weighted by Gasteiger charge is 2.12. The minimum absolute atomic E-state index is 0.143. The average molecular weight is 509 g/mol. The fraction of sp³-hybridized carbons (Fsp3) is 0.0833. The first-order chi connectivity index (χ1) is 16.3. The van der Waals surface area contributed by atoms with Crippen molar-refractivity contribution >= 4 is 59.3 Å². The SMILES string of the molecule is C=Cc1ccc(Cn2c(=NN=c3sc4cc(S(=O)(=O)O)ccc4n3C)sc3ccccc32)cc1. The van der Waals surface area contributed by atoms with Crippen LogP contribution in [0.4, 0.5) is 0 Å². The first-order valence-electron chi connectivity index (χ1n) is 10.3. The summed E-state index contributed by atoms with van der Waals surface area (Å²) in [7, 11) is -2.42. The van der Waals surface area contributed by atoms with Crippen LogP contribution in [0, 0.1) is 0 Å². The minimum Gasteiger partial charge on any atom is -0.318 e. The molecule has 2 aromatic heterocycles. The largest absolute Gasteiger partial charge is 0.318 e. The van der Waals surface area contributed by atoms with Crippen LogP contribution in [0.2, 0.25) is 0 Å². The summed E-state index contributed by atoms with van der Waals surface area (Å²) in [5, 5.41) is 9.08. The molecule has 0 spiro atoms. The molecule has 0 atom stereocenters. The van der Waals surface area contributed by atoms with E-state index in [2.05, 4.69) is 45.6 Å². The van der Waals surface area contributed by atoms with Crippen LogP contribution < -0.4 is 9.60 Å². The molecule has 1 N–H and O–H groups in total. The lowest BCUT2D eigenvalue weighted by Crippen LogP contribution is -2.16. The van der Waals surface area contributed by atoms with Crippen molar-refractivity contribution in [2.45, 2.75) is 11.4 Å². The number of para-hydroxylation sites is 1. The molecule has 0 radical (unpaired) electrons. The second-order valence-electron chi connectivity index (χ2n) is 7.63. The molecular formula is C24H20N4O3S3. The maximum absolute atomic E-state index is 11.5. The summed E-state index contributed by atoms with van der Waals surface area (Å²) >= 11 is 2.87. The van der Waals surface area contributed by atoms with Gasteiger partial charge in [0.25, 0.3) is 10.1 Å². The van der Waals surface area contributed by atoms with Gasteiger partial charge in [0.2, 0.25) is 9.60 Å². The number of hydrogen-bond donors (Lipinski definition) is 1. The highest BCUT2D eigenvalue weighted by Crippen LogP contribution is 2.21. The van der Waals surface area contributed by atoms with E-state index in [1.807, 2.05) is 42.0 Å². The van der Waals surface area contributed by atoms with Gasteiger partial charge in [0.05, 0.1) is 31.9 Å². The summed E-state index contributed by atoms with van der Waals surface area (Å²) in [6.07, 6.45) is 1.82. The molecule has 172 valence electrons. The van der Waals surface area contributed by atoms with Crippen LogP contribution in [0.5, 0.6) is 0 Å². The maximum Gasteiger partial charge on any atom is 0.294 e. The maximum atomic E-state index is 11.5. The number of rotatable bonds is 5. The molecule has 0 saturated carbocycles. The van der Waals surface area contributed by atoms with Gasteiger partial charge in [0.15, 0.2) is 0 Å². The summed E-state index contributed by atoms with van der Waals surface area (Å²) in [4.78, 5) is 1.22. The number of benzene rings is 3. The zero-order chi connectivity index (χ0) is 23.9. The quantitative estimate of drug-likeness (QED) is 0.278. The second kappa shape index (κ2) is 8.80. The zero-order valence-electron chi connectivity index (χ0n) is 18.1. The van der Waals surface area contributed by atoms with E-state index in [-0.39, 0.29) is 4.90 Å². The second-order valence-corrected chi connectivity index (χ2v) is 11.1. The van der Waals surface area contributed by atoms with Crippen LogP contribution in [0.3, 0.4) is 0 Å². The summed E-state index contributed by atoms with van der Waals surface area (Å²) in [5.41, 5.74) is 4.09. The van der Waals surface area contributed by atoms with Gasteiger partial charge < -0.3 is 9.13 Å². The lowest BCUT2D eigenvalue weighted by Gasteiger charge is -2.06. The lowest BCUT2D eigenvalue weighted by atomic mass is 10.1. The third-order valence-corrected chi connectivity index (χ3v) is 8.43. The highest BCUT2D eigenvalue weighted by atomic mass is 32.2. The standard InChI is InChI=1S/C24H20N4O3S3/c1-3-16-8-10-17(11-9-16)15-28-20-6-4-5-7-21(20)32-24(28)26-25-23-27(2)19-13-12-18(34(29,30)31)14-22(19)33-23/h3-14H,1,15H2,2H3,(H,29,30,31). The van der Waals surface area contributed by atoms with Crippen molar-refractivity contribution in [3.63, 3.8) is 0 Å². The molecule has 0 unspecified atom stereocenters. The van der Waals surface area contributed by atoms with Crippen LogP contribution >= 0.6 is 22.7 Å². The van der Waals surface area contributed by atoms with Gasteiger partial charge in [-0.3, -0.25) is 4.55 Å². The van der Waals surface area contributed by atoms with Gasteiger partial charge in [-0.15, -0.1) is 10.2 Å². The van der Waals surface area contributed by atoms with E-state index in [0.717, 1.165) is 31.7 Å². The smallest absolute Gasteiger partial charge is 0.294 e. The first kappa shape index (κ1) is 22.5. The predicted molar refractivity (Wildman–Crippen MR) is 137 cm³/mol. The summed E-state index contributed by atoms with van der Waals surface area (Å²) in [5.74, 6) is 0. The molecule has 0 aliphatic rings. The topological polar surface area (TPSA) is 88.9 Å². The van der Waals surface area contributed by atoms with E-state index in [1.54, 1.807) is 17.4 Å². The van der Waals surface area contributed by atoms with Crippen LogP contribution in [0.1, 0.15) is 11.1 Å². The number of fused-ring (bicyclic) bond motifs is 2. The number of thiazole rings is 2. The van der Waals surface area contributed by atoms with Crippen molar-refractivity contribution in [1.82, 2.24) is 9.13 Å². The van der Waals surface area contributed by atoms with Crippen molar-refractivity contribution in [3.8, 4) is 0 Å². The van der Waals surface area contributed by atoms with Gasteiger partial charge in [0.1, 0.15) is 0 Å². The van der Waals surface area contributed by atoms with Crippen molar-refractivity contribution in [1.29, 1.82) is 0 Å². The highest BCUT2D eigenvalue weighted by molar-refractivity contribution is 7.85. The third-order valence-electron chi connectivity index (χ3n) is 5.44. The van der Waals surface area contributed by atoms with E-state index in [0.29, 0.717) is 16.0 Å². The molecule has 34 heavy (non-hydrogen) atoms. The Kier molecular flexibility index (Phi) is 5.82. The predicted octanol–water partition coefficient (Wildman–Crippen LogP) is 4.61. The molecule has 0 aliphatic heterocycles. The summed E-state index contributed by atoms with van der Waals surface area (Å²) < 4.78 is 38.1. The van der Waals surface area contributed by atoms with Crippen molar-refractivity contribution in [2.24, 2.45) is 17.3 Å². The van der Waals surface area contributed by atoms with Crippen molar-refractivity contribution in [2.75, 3.05) is 0 Å². The molecular weight excluding hydrogens is 488 g/mol. The fourth-order valence-electron chi connectivity index (χ4n) is 3.65. The molecule has 10 heteroatoms. The van der Waals surface area contributed by atoms with Gasteiger partial charge in [-0.1, -0.05) is 71.7 Å². The molecule has 2 heterocycles. The molecule has 5 rings (SSSR count). The van der Waals surface area contributed by atoms with Crippen molar-refractivity contribution < 1.29 is 13.0 Å². The molecule has 0 saturated heterocycles. The Morgan fingerprint density at radius 3 is 2.38 bits per heavy atom. The van der Waals surface area contributed by atoms with Gasteiger partial charge in [-0.2, -0.15) is 8.42 Å². The Morgan fingerprint density at radius 2 is 1.65 bits per heavy atom. The van der Waals surface area contributed by atoms with Gasteiger partial charge in [-0.25, -0.2) is 0 Å². The van der Waals surface area contributed by atoms with Crippen LogP contribution in [0.15, 0.2) is 88.4 Å². The zero-order valence-corrected chi connectivity index (χ0v) is 20.6. The lowest BCUT2D eigenvalue weighted by molar-refractivity contribution is 0.483. The van der Waals surface area contributed by atoms with E-state index in [1.165, 1.54) is 23.5 Å². The van der Waals surface area contributed by atoms with Crippen LogP contribution in [0.25, 0.3) is 26.5 Å². The number of aromatic nitrogens is 2. The Hall–Kier alpha value is -3.31. The monoisotopic (exact) mass is 508 g/mol. The minimum atomic E-state index is -4.27. The first-order valence-corrected chi connectivity index (χ1v) is 13.4. The molecule has 0 bridgehead atoms. The normalized spacial score (nSPS) is 13.2. The molecule has 0 aliphatic carbocycles. The van der Waals surface area contributed by atoms with E-state index >= 15 is 0 Å². The van der Waals surface area contributed by atoms with Gasteiger partial charge in [0, 0.05) is 7.05 Å². The number of hydrogen-bond acceptors (Lipinski definition) is 6. The van der Waals surface area contributed by atoms with E-state index in [4.69, 9.17) is 0 Å². The van der Waals surface area contributed by atoms with Gasteiger partial charge >= 0.3 is 0 Å². The number of aryl methyl sites for hydroxylation is 1. The third kappa shape index (κ3) is 4.28. The summed E-state index contributed by atoms with van der Waals surface area (Å²) in [6.45, 7) is 4.45. The van der Waals surface area contributed by atoms with Crippen LogP contribution in [-0.2, 0) is 23.7 Å². The Labute approximate surface area is 203 Å². The average Bonchev–Trinajstić information content (AvgIpc) is 3.34. The Balaban J connectivity index is 1.64. The Bertz CT molecular complexity index is 1790. The molecule has 3 aromatic carbocycles. The van der Waals surface area contributed by atoms with Crippen molar-refractivity contribution in [3.05, 3.63) is 94.0 Å². The van der Waals surface area contributed by atoms with E-state index < -0.39 is 10.1 Å². The molecule has 7 nitrogen and oxygen atoms in total. The Morgan fingerprint density at radius 1 is 0.941 bits per heavy atom.